The van der Waals surface area contributed by atoms with Crippen molar-refractivity contribution in [3.63, 3.8) is 0 Å². The molecule has 2 aromatic rings. The number of rotatable bonds is 8. The van der Waals surface area contributed by atoms with Gasteiger partial charge in [0.15, 0.2) is 0 Å². The maximum atomic E-state index is 13.0. The highest BCUT2D eigenvalue weighted by molar-refractivity contribution is 5.88. The molecule has 1 unspecified atom stereocenters. The Bertz CT molecular complexity index is 921. The number of benzene rings is 2. The first-order valence-electron chi connectivity index (χ1n) is 10.3. The maximum Gasteiger partial charge on any atom is 0.416 e. The van der Waals surface area contributed by atoms with Gasteiger partial charge in [-0.15, -0.1) is 0 Å². The monoisotopic (exact) mass is 449 g/mol. The summed E-state index contributed by atoms with van der Waals surface area (Å²) < 4.78 is 44.7. The number of amides is 2. The van der Waals surface area contributed by atoms with Crippen LogP contribution in [-0.4, -0.2) is 60.9 Å². The fourth-order valence-electron chi connectivity index (χ4n) is 3.52. The van der Waals surface area contributed by atoms with Crippen LogP contribution in [-0.2, 0) is 22.3 Å². The Balaban J connectivity index is 1.59. The Morgan fingerprint density at radius 2 is 1.94 bits per heavy atom. The molecule has 1 N–H and O–H groups in total. The van der Waals surface area contributed by atoms with Gasteiger partial charge in [-0.2, -0.15) is 13.2 Å². The van der Waals surface area contributed by atoms with Crippen molar-refractivity contribution in [3.05, 3.63) is 65.7 Å². The maximum absolute atomic E-state index is 13.0. The van der Waals surface area contributed by atoms with Crippen LogP contribution in [0.5, 0.6) is 5.75 Å². The average Bonchev–Trinajstić information content (AvgIpc) is 2.76. The lowest BCUT2D eigenvalue weighted by atomic mass is 10.0. The molecule has 0 aliphatic carbocycles. The molecule has 0 saturated carbocycles. The van der Waals surface area contributed by atoms with Crippen LogP contribution in [0.15, 0.2) is 54.6 Å². The molecule has 3 rings (SSSR count). The first kappa shape index (κ1) is 23.6. The average molecular weight is 449 g/mol. The minimum atomic E-state index is -4.44. The number of alkyl halides is 3. The third-order valence-electron chi connectivity index (χ3n) is 5.31. The first-order chi connectivity index (χ1) is 15.2. The molecule has 1 atom stereocenters. The van der Waals surface area contributed by atoms with E-state index in [-0.39, 0.29) is 24.8 Å². The standard InChI is InChI=1S/C23H26F3N3O3/c1-28(12-13-32-19-8-3-2-4-9-19)21(30)15-20-22(31)27-10-11-29(20)16-17-6-5-7-18(14-17)23(24,25)26/h2-9,14,20H,10-13,15-16H2,1H3,(H,27,31). The molecule has 0 spiro atoms. The van der Waals surface area contributed by atoms with E-state index >= 15 is 0 Å². The molecule has 1 fully saturated rings. The molecule has 1 aliphatic heterocycles. The van der Waals surface area contributed by atoms with Crippen molar-refractivity contribution < 1.29 is 27.5 Å². The molecule has 1 heterocycles. The molecule has 0 bridgehead atoms. The zero-order valence-corrected chi connectivity index (χ0v) is 17.8. The van der Waals surface area contributed by atoms with E-state index < -0.39 is 17.8 Å². The van der Waals surface area contributed by atoms with Gasteiger partial charge in [0.05, 0.1) is 24.6 Å². The SMILES string of the molecule is CN(CCOc1ccccc1)C(=O)CC1C(=O)NCCN1Cc1cccc(C(F)(F)F)c1. The highest BCUT2D eigenvalue weighted by Gasteiger charge is 2.34. The molecule has 1 aliphatic rings. The summed E-state index contributed by atoms with van der Waals surface area (Å²) in [5.41, 5.74) is -0.293. The van der Waals surface area contributed by atoms with Crippen molar-refractivity contribution in [1.82, 2.24) is 15.1 Å². The first-order valence-corrected chi connectivity index (χ1v) is 10.3. The summed E-state index contributed by atoms with van der Waals surface area (Å²) in [4.78, 5) is 28.4. The number of para-hydroxylation sites is 1. The van der Waals surface area contributed by atoms with Crippen LogP contribution in [0.3, 0.4) is 0 Å². The second kappa shape index (κ2) is 10.5. The predicted molar refractivity (Wildman–Crippen MR) is 113 cm³/mol. The second-order valence-corrected chi connectivity index (χ2v) is 7.66. The third kappa shape index (κ3) is 6.46. The summed E-state index contributed by atoms with van der Waals surface area (Å²) in [6, 6.07) is 13.5. The van der Waals surface area contributed by atoms with Crippen LogP contribution in [0, 0.1) is 0 Å². The summed E-state index contributed by atoms with van der Waals surface area (Å²) in [6.45, 7) is 1.62. The van der Waals surface area contributed by atoms with Crippen molar-refractivity contribution in [2.45, 2.75) is 25.2 Å². The zero-order valence-electron chi connectivity index (χ0n) is 17.8. The molecular formula is C23H26F3N3O3. The second-order valence-electron chi connectivity index (χ2n) is 7.66. The predicted octanol–water partition coefficient (Wildman–Crippen LogP) is 2.93. The van der Waals surface area contributed by atoms with Gasteiger partial charge in [-0.25, -0.2) is 0 Å². The summed E-state index contributed by atoms with van der Waals surface area (Å²) in [6.07, 6.45) is -4.50. The smallest absolute Gasteiger partial charge is 0.416 e. The quantitative estimate of drug-likeness (QED) is 0.673. The Labute approximate surface area is 184 Å². The van der Waals surface area contributed by atoms with Crippen LogP contribution in [0.4, 0.5) is 13.2 Å². The van der Waals surface area contributed by atoms with Crippen LogP contribution < -0.4 is 10.1 Å². The van der Waals surface area contributed by atoms with E-state index in [1.54, 1.807) is 18.0 Å². The molecule has 9 heteroatoms. The highest BCUT2D eigenvalue weighted by Crippen LogP contribution is 2.30. The lowest BCUT2D eigenvalue weighted by Crippen LogP contribution is -2.56. The van der Waals surface area contributed by atoms with E-state index in [2.05, 4.69) is 5.32 Å². The lowest BCUT2D eigenvalue weighted by Gasteiger charge is -2.35. The van der Waals surface area contributed by atoms with Gasteiger partial charge in [0, 0.05) is 26.7 Å². The van der Waals surface area contributed by atoms with E-state index in [0.717, 1.165) is 12.1 Å². The molecule has 0 aromatic heterocycles. The van der Waals surface area contributed by atoms with Crippen molar-refractivity contribution in [2.24, 2.45) is 0 Å². The number of piperazine rings is 1. The summed E-state index contributed by atoms with van der Waals surface area (Å²) in [5, 5.41) is 2.74. The molecule has 32 heavy (non-hydrogen) atoms. The highest BCUT2D eigenvalue weighted by atomic mass is 19.4. The Hall–Kier alpha value is -3.07. The van der Waals surface area contributed by atoms with Crippen LogP contribution in [0.1, 0.15) is 17.5 Å². The zero-order chi connectivity index (χ0) is 23.1. The van der Waals surface area contributed by atoms with E-state index in [0.29, 0.717) is 37.6 Å². The van der Waals surface area contributed by atoms with Gasteiger partial charge in [0.25, 0.3) is 0 Å². The number of halogens is 3. The molecule has 2 amide bonds. The lowest BCUT2D eigenvalue weighted by molar-refractivity contribution is -0.138. The normalized spacial score (nSPS) is 17.0. The van der Waals surface area contributed by atoms with Crippen LogP contribution >= 0.6 is 0 Å². The van der Waals surface area contributed by atoms with Crippen molar-refractivity contribution >= 4 is 11.8 Å². The Morgan fingerprint density at radius 1 is 1.19 bits per heavy atom. The third-order valence-corrected chi connectivity index (χ3v) is 5.31. The van der Waals surface area contributed by atoms with Gasteiger partial charge in [-0.1, -0.05) is 36.4 Å². The van der Waals surface area contributed by atoms with Crippen LogP contribution in [0.25, 0.3) is 0 Å². The van der Waals surface area contributed by atoms with E-state index in [1.165, 1.54) is 11.0 Å². The number of nitrogens with one attached hydrogen (secondary N) is 1. The molecule has 2 aromatic carbocycles. The van der Waals surface area contributed by atoms with Gasteiger partial charge in [-0.3, -0.25) is 14.5 Å². The number of nitrogens with zero attached hydrogens (tertiary/aromatic N) is 2. The fraction of sp³-hybridized carbons (Fsp3) is 0.391. The molecule has 0 radical (unpaired) electrons. The molecule has 1 saturated heterocycles. The molecule has 6 nitrogen and oxygen atoms in total. The van der Waals surface area contributed by atoms with Crippen molar-refractivity contribution in [3.8, 4) is 5.75 Å². The molecular weight excluding hydrogens is 423 g/mol. The van der Waals surface area contributed by atoms with E-state index in [4.69, 9.17) is 4.74 Å². The number of hydrogen-bond donors (Lipinski definition) is 1. The van der Waals surface area contributed by atoms with Crippen molar-refractivity contribution in [2.75, 3.05) is 33.3 Å². The number of carbonyl (C=O) groups is 2. The Morgan fingerprint density at radius 3 is 2.66 bits per heavy atom. The summed E-state index contributed by atoms with van der Waals surface area (Å²) >= 11 is 0. The van der Waals surface area contributed by atoms with Gasteiger partial charge < -0.3 is 15.0 Å². The van der Waals surface area contributed by atoms with Gasteiger partial charge in [0.2, 0.25) is 11.8 Å². The number of ether oxygens (including phenoxy) is 1. The van der Waals surface area contributed by atoms with E-state index in [1.807, 2.05) is 30.3 Å². The largest absolute Gasteiger partial charge is 0.492 e. The minimum absolute atomic E-state index is 0.0629. The van der Waals surface area contributed by atoms with Gasteiger partial charge in [0.1, 0.15) is 12.4 Å². The fourth-order valence-corrected chi connectivity index (χ4v) is 3.52. The minimum Gasteiger partial charge on any atom is -0.492 e. The van der Waals surface area contributed by atoms with Gasteiger partial charge >= 0.3 is 6.18 Å². The van der Waals surface area contributed by atoms with Crippen molar-refractivity contribution in [1.29, 1.82) is 0 Å². The number of carbonyl (C=O) groups excluding carboxylic acids is 2. The van der Waals surface area contributed by atoms with Gasteiger partial charge in [-0.05, 0) is 23.8 Å². The Kier molecular flexibility index (Phi) is 7.74. The van der Waals surface area contributed by atoms with E-state index in [9.17, 15) is 22.8 Å². The molecule has 172 valence electrons. The number of likely N-dealkylation sites (N-methyl/N-ethyl adjacent to an activating group) is 1. The summed E-state index contributed by atoms with van der Waals surface area (Å²) in [7, 11) is 1.63. The number of hydrogen-bond acceptors (Lipinski definition) is 4. The summed E-state index contributed by atoms with van der Waals surface area (Å²) in [5.74, 6) is 0.163. The topological polar surface area (TPSA) is 61.9 Å². The van der Waals surface area contributed by atoms with Crippen LogP contribution in [0.2, 0.25) is 0 Å².